The van der Waals surface area contributed by atoms with E-state index in [1.54, 1.807) is 12.1 Å². The van der Waals surface area contributed by atoms with Crippen LogP contribution in [0.5, 0.6) is 5.75 Å². The molecule has 0 fully saturated rings. The van der Waals surface area contributed by atoms with Crippen molar-refractivity contribution < 1.29 is 5.11 Å². The minimum absolute atomic E-state index is 0.0971. The molecule has 2 N–H and O–H groups in total. The van der Waals surface area contributed by atoms with Gasteiger partial charge in [-0.15, -0.1) is 0 Å². The molecule has 5 nitrogen and oxygen atoms in total. The van der Waals surface area contributed by atoms with Crippen LogP contribution in [-0.2, 0) is 10.8 Å². The van der Waals surface area contributed by atoms with Crippen LogP contribution in [0.25, 0.3) is 34.0 Å². The number of pyridine rings is 2. The number of H-pyrrole nitrogens is 1. The van der Waals surface area contributed by atoms with Gasteiger partial charge in [-0.1, -0.05) is 69.3 Å². The molecule has 3 heterocycles. The average Bonchev–Trinajstić information content (AvgIpc) is 3.34. The van der Waals surface area contributed by atoms with Gasteiger partial charge < -0.3 is 10.1 Å². The van der Waals surface area contributed by atoms with E-state index >= 15 is 0 Å². The average molecular weight is 489 g/mol. The number of hydrogen-bond donors (Lipinski definition) is 2. The Bertz CT molecular complexity index is 1530. The first-order valence-corrected chi connectivity index (χ1v) is 12.5. The number of aromatic amines is 1. The fraction of sp³-hybridized carbons (Fsp3) is 0.219. The van der Waals surface area contributed by atoms with E-state index in [1.165, 1.54) is 5.56 Å². The first-order valence-electron chi connectivity index (χ1n) is 12.5. The Morgan fingerprint density at radius 3 is 2.11 bits per heavy atom. The van der Waals surface area contributed by atoms with Gasteiger partial charge in [-0.25, -0.2) is 4.98 Å². The Hall–Kier alpha value is -4.25. The first kappa shape index (κ1) is 24.4. The highest BCUT2D eigenvalue weighted by Gasteiger charge is 2.30. The highest BCUT2D eigenvalue weighted by atomic mass is 16.3. The van der Waals surface area contributed by atoms with Crippen LogP contribution in [0.15, 0.2) is 91.1 Å². The topological polar surface area (TPSA) is 74.7 Å². The monoisotopic (exact) mass is 488 g/mol. The number of benzene rings is 2. The SMILES string of the molecule is CC(C)(C)c1cc(-c2[nH]c(-c3ccccc3O)nc2-c2ccccc2)nc(C(C)(C)c2ccccn2)c1. The van der Waals surface area contributed by atoms with Crippen LogP contribution >= 0.6 is 0 Å². The molecule has 5 rings (SSSR count). The van der Waals surface area contributed by atoms with E-state index in [9.17, 15) is 5.11 Å². The van der Waals surface area contributed by atoms with Gasteiger partial charge in [0.15, 0.2) is 0 Å². The fourth-order valence-corrected chi connectivity index (χ4v) is 4.44. The second-order valence-electron chi connectivity index (χ2n) is 10.9. The van der Waals surface area contributed by atoms with E-state index in [2.05, 4.69) is 56.7 Å². The van der Waals surface area contributed by atoms with Gasteiger partial charge in [0, 0.05) is 17.2 Å². The van der Waals surface area contributed by atoms with Crippen molar-refractivity contribution in [1.82, 2.24) is 19.9 Å². The van der Waals surface area contributed by atoms with Crippen molar-refractivity contribution in [3.8, 4) is 39.8 Å². The molecule has 0 amide bonds. The Morgan fingerprint density at radius 2 is 1.43 bits per heavy atom. The van der Waals surface area contributed by atoms with E-state index in [4.69, 9.17) is 9.97 Å². The molecule has 0 unspecified atom stereocenters. The maximum absolute atomic E-state index is 10.6. The summed E-state index contributed by atoms with van der Waals surface area (Å²) < 4.78 is 0. The lowest BCUT2D eigenvalue weighted by molar-refractivity contribution is 0.477. The molecule has 186 valence electrons. The van der Waals surface area contributed by atoms with E-state index in [1.807, 2.05) is 66.9 Å². The summed E-state index contributed by atoms with van der Waals surface area (Å²) in [5.41, 5.74) is 6.59. The van der Waals surface area contributed by atoms with Gasteiger partial charge in [0.05, 0.1) is 34.0 Å². The molecule has 0 saturated carbocycles. The van der Waals surface area contributed by atoms with Gasteiger partial charge in [0.1, 0.15) is 11.6 Å². The third-order valence-corrected chi connectivity index (χ3v) is 6.80. The van der Waals surface area contributed by atoms with Crippen LogP contribution in [0, 0.1) is 0 Å². The molecule has 0 saturated heterocycles. The number of rotatable bonds is 5. The molecule has 0 aliphatic carbocycles. The minimum Gasteiger partial charge on any atom is -0.507 e. The van der Waals surface area contributed by atoms with Crippen molar-refractivity contribution in [2.24, 2.45) is 0 Å². The van der Waals surface area contributed by atoms with Gasteiger partial charge in [-0.3, -0.25) is 9.97 Å². The maximum Gasteiger partial charge on any atom is 0.142 e. The molecule has 3 aromatic heterocycles. The van der Waals surface area contributed by atoms with Crippen molar-refractivity contribution in [3.05, 3.63) is 108 Å². The zero-order valence-electron chi connectivity index (χ0n) is 21.9. The quantitative estimate of drug-likeness (QED) is 0.268. The Labute approximate surface area is 218 Å². The predicted molar refractivity (Wildman–Crippen MR) is 149 cm³/mol. The molecule has 5 heteroatoms. The normalized spacial score (nSPS) is 12.0. The summed E-state index contributed by atoms with van der Waals surface area (Å²) in [7, 11) is 0. The number of phenolic OH excluding ortho intramolecular Hbond substituents is 1. The molecule has 2 aromatic carbocycles. The molecule has 37 heavy (non-hydrogen) atoms. The van der Waals surface area contributed by atoms with Gasteiger partial charge in [-0.2, -0.15) is 0 Å². The molecule has 0 spiro atoms. The summed E-state index contributed by atoms with van der Waals surface area (Å²) in [5.74, 6) is 0.774. The van der Waals surface area contributed by atoms with Gasteiger partial charge in [0.2, 0.25) is 0 Å². The van der Waals surface area contributed by atoms with Crippen molar-refractivity contribution in [2.45, 2.75) is 45.4 Å². The minimum atomic E-state index is -0.412. The van der Waals surface area contributed by atoms with Crippen LogP contribution in [0.1, 0.15) is 51.6 Å². The fourth-order valence-electron chi connectivity index (χ4n) is 4.44. The standard InChI is InChI=1S/C32H32N4O/c1-31(2,3)22-19-24(34-27(20-22)32(4,5)26-17-11-12-18-33-26)29-28(21-13-7-6-8-14-21)35-30(36-29)23-15-9-10-16-25(23)37/h6-20,37H,1-5H3,(H,35,36). The summed E-state index contributed by atoms with van der Waals surface area (Å²) in [5, 5.41) is 10.6. The molecule has 0 aliphatic heterocycles. The molecular weight excluding hydrogens is 456 g/mol. The second kappa shape index (κ2) is 9.32. The summed E-state index contributed by atoms with van der Waals surface area (Å²) >= 11 is 0. The summed E-state index contributed by atoms with van der Waals surface area (Å²) in [6, 6.07) is 27.7. The van der Waals surface area contributed by atoms with Crippen molar-refractivity contribution in [3.63, 3.8) is 0 Å². The number of nitrogens with one attached hydrogen (secondary N) is 1. The summed E-state index contributed by atoms with van der Waals surface area (Å²) in [6.07, 6.45) is 1.83. The molecule has 0 radical (unpaired) electrons. The maximum atomic E-state index is 10.6. The Kier molecular flexibility index (Phi) is 6.16. The first-order chi connectivity index (χ1) is 17.6. The predicted octanol–water partition coefficient (Wildman–Crippen LogP) is 7.53. The largest absolute Gasteiger partial charge is 0.507 e. The van der Waals surface area contributed by atoms with Crippen LogP contribution in [0.4, 0.5) is 0 Å². The highest BCUT2D eigenvalue weighted by Crippen LogP contribution is 2.38. The lowest BCUT2D eigenvalue weighted by Crippen LogP contribution is -2.24. The third-order valence-electron chi connectivity index (χ3n) is 6.80. The van der Waals surface area contributed by atoms with E-state index in [0.29, 0.717) is 11.4 Å². The van der Waals surface area contributed by atoms with Crippen LogP contribution in [0.3, 0.4) is 0 Å². The number of para-hydroxylation sites is 1. The zero-order valence-corrected chi connectivity index (χ0v) is 21.9. The third kappa shape index (κ3) is 4.77. The number of aromatic hydroxyl groups is 1. The molecule has 0 aliphatic rings. The van der Waals surface area contributed by atoms with Crippen molar-refractivity contribution in [1.29, 1.82) is 0 Å². The lowest BCUT2D eigenvalue weighted by Gasteiger charge is -2.27. The van der Waals surface area contributed by atoms with Crippen LogP contribution in [0.2, 0.25) is 0 Å². The van der Waals surface area contributed by atoms with Crippen LogP contribution < -0.4 is 0 Å². The molecular formula is C32H32N4O. The number of nitrogens with zero attached hydrogens (tertiary/aromatic N) is 3. The molecule has 5 aromatic rings. The van der Waals surface area contributed by atoms with Gasteiger partial charge >= 0.3 is 0 Å². The van der Waals surface area contributed by atoms with Crippen molar-refractivity contribution in [2.75, 3.05) is 0 Å². The number of imidazole rings is 1. The van der Waals surface area contributed by atoms with E-state index in [0.717, 1.165) is 34.0 Å². The Balaban J connectivity index is 1.76. The summed E-state index contributed by atoms with van der Waals surface area (Å²) in [6.45, 7) is 10.9. The second-order valence-corrected chi connectivity index (χ2v) is 10.9. The van der Waals surface area contributed by atoms with E-state index < -0.39 is 5.41 Å². The number of aromatic nitrogens is 4. The van der Waals surface area contributed by atoms with E-state index in [-0.39, 0.29) is 11.2 Å². The van der Waals surface area contributed by atoms with Crippen molar-refractivity contribution >= 4 is 0 Å². The Morgan fingerprint density at radius 1 is 0.730 bits per heavy atom. The van der Waals surface area contributed by atoms with Gasteiger partial charge in [-0.05, 0) is 61.2 Å². The van der Waals surface area contributed by atoms with Gasteiger partial charge in [0.25, 0.3) is 0 Å². The smallest absolute Gasteiger partial charge is 0.142 e. The molecule has 0 atom stereocenters. The number of hydrogen-bond acceptors (Lipinski definition) is 4. The highest BCUT2D eigenvalue weighted by molar-refractivity contribution is 5.81. The molecule has 0 bridgehead atoms. The summed E-state index contributed by atoms with van der Waals surface area (Å²) in [4.78, 5) is 18.3. The zero-order chi connectivity index (χ0) is 26.2. The number of phenols is 1. The van der Waals surface area contributed by atoms with Crippen LogP contribution in [-0.4, -0.2) is 25.0 Å². The lowest BCUT2D eigenvalue weighted by atomic mass is 9.80.